The van der Waals surface area contributed by atoms with Crippen molar-refractivity contribution in [3.05, 3.63) is 65.4 Å². The number of H-pyrrole nitrogens is 1. The van der Waals surface area contributed by atoms with Gasteiger partial charge in [0.25, 0.3) is 0 Å². The van der Waals surface area contributed by atoms with E-state index in [1.54, 1.807) is 0 Å². The summed E-state index contributed by atoms with van der Waals surface area (Å²) in [6.07, 6.45) is 9.55. The van der Waals surface area contributed by atoms with Gasteiger partial charge < -0.3 is 4.57 Å². The van der Waals surface area contributed by atoms with Gasteiger partial charge in [-0.3, -0.25) is 4.79 Å². The lowest BCUT2D eigenvalue weighted by atomic mass is 9.99. The minimum atomic E-state index is 0.0206. The van der Waals surface area contributed by atoms with E-state index >= 15 is 0 Å². The second kappa shape index (κ2) is 12.4. The van der Waals surface area contributed by atoms with Crippen LogP contribution in [0.2, 0.25) is 0 Å². The van der Waals surface area contributed by atoms with Gasteiger partial charge in [-0.1, -0.05) is 64.3 Å². The summed E-state index contributed by atoms with van der Waals surface area (Å²) in [5, 5.41) is 19.2. The van der Waals surface area contributed by atoms with E-state index < -0.39 is 0 Å². The summed E-state index contributed by atoms with van der Waals surface area (Å²) in [6, 6.07) is 12.9. The van der Waals surface area contributed by atoms with E-state index in [9.17, 15) is 4.79 Å². The molecule has 4 rings (SSSR count). The Morgan fingerprint density at radius 2 is 1.83 bits per heavy atom. The quantitative estimate of drug-likeness (QED) is 0.238. The SMILES string of the molecule is CCCCc1nc(C(=O)CCC)nn1Cc1ccc(C(CCCC)n2cccc2-c2nn[nH]n2)cc1. The minimum Gasteiger partial charge on any atom is -0.337 e. The number of tetrazole rings is 1. The van der Waals surface area contributed by atoms with E-state index in [-0.39, 0.29) is 11.8 Å². The maximum absolute atomic E-state index is 12.4. The highest BCUT2D eigenvalue weighted by Gasteiger charge is 2.19. The predicted molar refractivity (Wildman–Crippen MR) is 139 cm³/mol. The Morgan fingerprint density at radius 3 is 2.53 bits per heavy atom. The van der Waals surface area contributed by atoms with Gasteiger partial charge in [0.1, 0.15) is 5.82 Å². The molecule has 9 heteroatoms. The first-order valence-electron chi connectivity index (χ1n) is 13.1. The Bertz CT molecular complexity index is 1220. The average Bonchev–Trinajstić information content (AvgIpc) is 3.65. The summed E-state index contributed by atoms with van der Waals surface area (Å²) in [4.78, 5) is 17.0. The third kappa shape index (κ3) is 5.95. The number of rotatable bonds is 14. The summed E-state index contributed by atoms with van der Waals surface area (Å²) in [5.41, 5.74) is 3.31. The van der Waals surface area contributed by atoms with Crippen molar-refractivity contribution >= 4 is 5.78 Å². The normalized spacial score (nSPS) is 12.2. The molecule has 0 saturated heterocycles. The predicted octanol–water partition coefficient (Wildman–Crippen LogP) is 5.41. The maximum Gasteiger partial charge on any atom is 0.221 e. The Hall–Kier alpha value is -3.62. The number of benzene rings is 1. The topological polar surface area (TPSA) is 107 Å². The van der Waals surface area contributed by atoms with Gasteiger partial charge in [0.05, 0.1) is 18.3 Å². The number of hydrogen-bond donors (Lipinski definition) is 1. The number of ketones is 1. The Morgan fingerprint density at radius 1 is 1.03 bits per heavy atom. The number of carbonyl (C=O) groups is 1. The van der Waals surface area contributed by atoms with Crippen molar-refractivity contribution in [1.82, 2.24) is 40.0 Å². The van der Waals surface area contributed by atoms with Crippen LogP contribution in [0.3, 0.4) is 0 Å². The van der Waals surface area contributed by atoms with Gasteiger partial charge in [0.2, 0.25) is 17.4 Å². The molecule has 3 aromatic heterocycles. The van der Waals surface area contributed by atoms with Crippen molar-refractivity contribution in [3.63, 3.8) is 0 Å². The highest BCUT2D eigenvalue weighted by atomic mass is 16.1. The van der Waals surface area contributed by atoms with Gasteiger partial charge in [-0.05, 0) is 47.7 Å². The molecule has 0 radical (unpaired) electrons. The first kappa shape index (κ1) is 25.5. The number of aromatic amines is 1. The van der Waals surface area contributed by atoms with E-state index in [2.05, 4.69) is 79.6 Å². The second-order valence-corrected chi connectivity index (χ2v) is 9.22. The van der Waals surface area contributed by atoms with Crippen LogP contribution in [-0.2, 0) is 13.0 Å². The number of nitrogens with zero attached hydrogens (tertiary/aromatic N) is 7. The van der Waals surface area contributed by atoms with Gasteiger partial charge in [-0.25, -0.2) is 9.67 Å². The number of Topliss-reactive ketones (excluding diaryl/α,β-unsaturated/α-hetero) is 1. The van der Waals surface area contributed by atoms with Crippen LogP contribution in [0.1, 0.15) is 99.3 Å². The Balaban J connectivity index is 1.57. The number of nitrogens with one attached hydrogen (secondary N) is 1. The zero-order chi connectivity index (χ0) is 25.3. The van der Waals surface area contributed by atoms with E-state index in [0.29, 0.717) is 24.6 Å². The molecule has 0 spiro atoms. The van der Waals surface area contributed by atoms with Gasteiger partial charge in [0, 0.05) is 19.0 Å². The summed E-state index contributed by atoms with van der Waals surface area (Å²) < 4.78 is 4.14. The molecule has 0 aliphatic heterocycles. The van der Waals surface area contributed by atoms with Gasteiger partial charge in [-0.15, -0.1) is 15.3 Å². The number of unbranched alkanes of at least 4 members (excludes halogenated alkanes) is 2. The highest BCUT2D eigenvalue weighted by Crippen LogP contribution is 2.30. The zero-order valence-electron chi connectivity index (χ0n) is 21.5. The molecule has 0 bridgehead atoms. The lowest BCUT2D eigenvalue weighted by Crippen LogP contribution is -2.12. The standard InChI is InChI=1S/C27H36N8O/c1-4-7-11-22(34-18-9-12-23(34)26-29-32-33-30-26)21-16-14-20(15-17-21)19-35-25(13-8-5-2)28-27(31-35)24(36)10-6-3/h9,12,14-18,22H,4-8,10-11,13,19H2,1-3H3,(H,29,30,32,33). The molecule has 1 unspecified atom stereocenters. The van der Waals surface area contributed by atoms with Crippen molar-refractivity contribution < 1.29 is 4.79 Å². The average molecular weight is 489 g/mol. The molecule has 0 aliphatic carbocycles. The summed E-state index contributed by atoms with van der Waals surface area (Å²) in [7, 11) is 0. The molecule has 1 aromatic carbocycles. The van der Waals surface area contributed by atoms with E-state index in [0.717, 1.165) is 62.0 Å². The third-order valence-electron chi connectivity index (χ3n) is 6.45. The largest absolute Gasteiger partial charge is 0.337 e. The van der Waals surface area contributed by atoms with Crippen LogP contribution in [0.25, 0.3) is 11.5 Å². The summed E-state index contributed by atoms with van der Waals surface area (Å²) >= 11 is 0. The summed E-state index contributed by atoms with van der Waals surface area (Å²) in [6.45, 7) is 6.97. The Labute approximate surface area is 212 Å². The van der Waals surface area contributed by atoms with Crippen molar-refractivity contribution in [2.75, 3.05) is 0 Å². The van der Waals surface area contributed by atoms with Crippen LogP contribution in [0.15, 0.2) is 42.6 Å². The molecule has 4 aromatic rings. The zero-order valence-corrected chi connectivity index (χ0v) is 21.5. The number of aryl methyl sites for hydroxylation is 1. The van der Waals surface area contributed by atoms with Crippen LogP contribution in [0.4, 0.5) is 0 Å². The molecule has 0 amide bonds. The van der Waals surface area contributed by atoms with Gasteiger partial charge >= 0.3 is 0 Å². The maximum atomic E-state index is 12.4. The second-order valence-electron chi connectivity index (χ2n) is 9.22. The van der Waals surface area contributed by atoms with Crippen molar-refractivity contribution in [1.29, 1.82) is 0 Å². The molecule has 9 nitrogen and oxygen atoms in total. The molecule has 190 valence electrons. The molecular formula is C27H36N8O. The lowest BCUT2D eigenvalue weighted by molar-refractivity contribution is 0.0971. The van der Waals surface area contributed by atoms with Crippen LogP contribution >= 0.6 is 0 Å². The van der Waals surface area contributed by atoms with Crippen LogP contribution in [0, 0.1) is 0 Å². The highest BCUT2D eigenvalue weighted by molar-refractivity contribution is 5.92. The molecule has 0 fully saturated rings. The fourth-order valence-corrected chi connectivity index (χ4v) is 4.49. The smallest absolute Gasteiger partial charge is 0.221 e. The van der Waals surface area contributed by atoms with E-state index in [4.69, 9.17) is 0 Å². The molecule has 36 heavy (non-hydrogen) atoms. The molecule has 1 N–H and O–H groups in total. The number of aromatic nitrogens is 8. The lowest BCUT2D eigenvalue weighted by Gasteiger charge is -2.22. The first-order chi connectivity index (χ1) is 17.6. The molecule has 1 atom stereocenters. The monoisotopic (exact) mass is 488 g/mol. The molecular weight excluding hydrogens is 452 g/mol. The summed E-state index contributed by atoms with van der Waals surface area (Å²) in [5.74, 6) is 1.85. The van der Waals surface area contributed by atoms with Crippen LogP contribution in [0.5, 0.6) is 0 Å². The van der Waals surface area contributed by atoms with Crippen molar-refractivity contribution in [2.24, 2.45) is 0 Å². The minimum absolute atomic E-state index is 0.0206. The third-order valence-corrected chi connectivity index (χ3v) is 6.45. The van der Waals surface area contributed by atoms with Crippen molar-refractivity contribution in [2.45, 2.75) is 84.7 Å². The fraction of sp³-hybridized carbons (Fsp3) is 0.481. The molecule has 0 aliphatic rings. The van der Waals surface area contributed by atoms with Crippen molar-refractivity contribution in [3.8, 4) is 11.5 Å². The van der Waals surface area contributed by atoms with Crippen LogP contribution in [-0.4, -0.2) is 45.7 Å². The number of hydrogen-bond acceptors (Lipinski definition) is 6. The number of carbonyl (C=O) groups excluding carboxylic acids is 1. The fourth-order valence-electron chi connectivity index (χ4n) is 4.49. The molecule has 0 saturated carbocycles. The Kier molecular flexibility index (Phi) is 8.76. The van der Waals surface area contributed by atoms with Gasteiger partial charge in [0.15, 0.2) is 0 Å². The van der Waals surface area contributed by atoms with E-state index in [1.807, 2.05) is 23.7 Å². The first-order valence-corrected chi connectivity index (χ1v) is 13.1. The molecule has 3 heterocycles. The van der Waals surface area contributed by atoms with E-state index in [1.165, 1.54) is 5.56 Å². The van der Waals surface area contributed by atoms with Gasteiger partial charge in [-0.2, -0.15) is 5.21 Å². The van der Waals surface area contributed by atoms with Crippen LogP contribution < -0.4 is 0 Å².